The summed E-state index contributed by atoms with van der Waals surface area (Å²) in [7, 11) is 0. The first-order valence-electron chi connectivity index (χ1n) is 5.52. The molecule has 0 bridgehead atoms. The van der Waals surface area contributed by atoms with Crippen LogP contribution in [0.2, 0.25) is 0 Å². The number of hydrogen-bond acceptors (Lipinski definition) is 1. The number of carbonyl (C=O) groups excluding carboxylic acids is 1. The van der Waals surface area contributed by atoms with Crippen molar-refractivity contribution >= 4 is 23.2 Å². The van der Waals surface area contributed by atoms with Gasteiger partial charge < -0.3 is 5.32 Å². The Bertz CT molecular complexity index is 363. The van der Waals surface area contributed by atoms with Gasteiger partial charge in [0, 0.05) is 17.5 Å². The summed E-state index contributed by atoms with van der Waals surface area (Å²) in [4.78, 5) is 11.7. The summed E-state index contributed by atoms with van der Waals surface area (Å²) in [5.41, 5.74) is 2.04. The van der Waals surface area contributed by atoms with Gasteiger partial charge in [-0.05, 0) is 17.5 Å². The Labute approximate surface area is 102 Å². The fourth-order valence-electron chi connectivity index (χ4n) is 1.44. The summed E-state index contributed by atoms with van der Waals surface area (Å²) < 4.78 is 0. The van der Waals surface area contributed by atoms with Gasteiger partial charge in [-0.2, -0.15) is 0 Å². The molecule has 0 aromatic heterocycles. The van der Waals surface area contributed by atoms with Crippen molar-refractivity contribution in [3.05, 3.63) is 29.8 Å². The molecule has 0 saturated heterocycles. The zero-order valence-corrected chi connectivity index (χ0v) is 10.7. The van der Waals surface area contributed by atoms with E-state index in [4.69, 9.17) is 11.6 Å². The normalized spacial score (nSPS) is 12.6. The smallest absolute Gasteiger partial charge is 0.228 e. The third kappa shape index (κ3) is 3.24. The van der Waals surface area contributed by atoms with Crippen molar-refractivity contribution in [2.45, 2.75) is 26.7 Å². The molecule has 1 rings (SSSR count). The van der Waals surface area contributed by atoms with Crippen molar-refractivity contribution in [2.75, 3.05) is 11.2 Å². The molecule has 88 valence electrons. The summed E-state index contributed by atoms with van der Waals surface area (Å²) in [6, 6.07) is 7.86. The molecule has 0 aliphatic heterocycles. The predicted octanol–water partition coefficient (Wildman–Crippen LogP) is 3.62. The second kappa shape index (κ2) is 5.90. The molecule has 0 aliphatic rings. The van der Waals surface area contributed by atoms with Gasteiger partial charge in [0.2, 0.25) is 5.91 Å². The van der Waals surface area contributed by atoms with Crippen LogP contribution in [0, 0.1) is 5.92 Å². The summed E-state index contributed by atoms with van der Waals surface area (Å²) in [6.45, 7) is 6.03. The third-order valence-corrected chi connectivity index (χ3v) is 2.98. The first kappa shape index (κ1) is 13.0. The van der Waals surface area contributed by atoms with E-state index in [1.54, 1.807) is 0 Å². The molecule has 0 aliphatic carbocycles. The molecule has 16 heavy (non-hydrogen) atoms. The van der Waals surface area contributed by atoms with Crippen LogP contribution in [0.3, 0.4) is 0 Å². The van der Waals surface area contributed by atoms with E-state index < -0.39 is 0 Å². The van der Waals surface area contributed by atoms with Crippen LogP contribution in [-0.2, 0) is 4.79 Å². The molecule has 1 N–H and O–H groups in total. The molecule has 1 aromatic carbocycles. The van der Waals surface area contributed by atoms with Gasteiger partial charge >= 0.3 is 0 Å². The van der Waals surface area contributed by atoms with Crippen LogP contribution < -0.4 is 5.32 Å². The van der Waals surface area contributed by atoms with Gasteiger partial charge in [-0.1, -0.05) is 39.0 Å². The molecule has 0 fully saturated rings. The predicted molar refractivity (Wildman–Crippen MR) is 69.0 cm³/mol. The van der Waals surface area contributed by atoms with Gasteiger partial charge in [0.25, 0.3) is 0 Å². The van der Waals surface area contributed by atoms with Crippen LogP contribution in [0.25, 0.3) is 0 Å². The van der Waals surface area contributed by atoms with Crippen LogP contribution in [0.5, 0.6) is 0 Å². The van der Waals surface area contributed by atoms with E-state index in [0.717, 1.165) is 11.3 Å². The van der Waals surface area contributed by atoms with Crippen molar-refractivity contribution in [2.24, 2.45) is 5.92 Å². The number of rotatable bonds is 4. The average molecular weight is 240 g/mol. The van der Waals surface area contributed by atoms with Crippen LogP contribution in [0.15, 0.2) is 24.3 Å². The van der Waals surface area contributed by atoms with Gasteiger partial charge in [-0.15, -0.1) is 11.6 Å². The van der Waals surface area contributed by atoms with E-state index in [1.807, 2.05) is 31.2 Å². The zero-order valence-electron chi connectivity index (χ0n) is 9.96. The highest BCUT2D eigenvalue weighted by Crippen LogP contribution is 2.24. The SMILES string of the molecule is CC(CCl)C(=O)Nc1ccccc1C(C)C. The molecule has 0 saturated carbocycles. The van der Waals surface area contributed by atoms with Crippen LogP contribution in [0.1, 0.15) is 32.3 Å². The second-order valence-electron chi connectivity index (χ2n) is 4.29. The quantitative estimate of drug-likeness (QED) is 0.799. The minimum absolute atomic E-state index is 0.0249. The van der Waals surface area contributed by atoms with Crippen LogP contribution >= 0.6 is 11.6 Å². The van der Waals surface area contributed by atoms with E-state index >= 15 is 0 Å². The molecule has 1 unspecified atom stereocenters. The molecule has 0 radical (unpaired) electrons. The van der Waals surface area contributed by atoms with Gasteiger partial charge in [-0.25, -0.2) is 0 Å². The number of halogens is 1. The lowest BCUT2D eigenvalue weighted by atomic mass is 10.0. The van der Waals surface area contributed by atoms with Crippen molar-refractivity contribution in [3.63, 3.8) is 0 Å². The maximum absolute atomic E-state index is 11.7. The molecule has 1 atom stereocenters. The Balaban J connectivity index is 2.84. The second-order valence-corrected chi connectivity index (χ2v) is 4.60. The van der Waals surface area contributed by atoms with E-state index in [2.05, 4.69) is 19.2 Å². The summed E-state index contributed by atoms with van der Waals surface area (Å²) in [5.74, 6) is 0.545. The standard InChI is InChI=1S/C13H18ClNO/c1-9(2)11-6-4-5-7-12(11)15-13(16)10(3)8-14/h4-7,9-10H,8H2,1-3H3,(H,15,16). The minimum Gasteiger partial charge on any atom is -0.326 e. The number of benzene rings is 1. The highest BCUT2D eigenvalue weighted by atomic mass is 35.5. The van der Waals surface area contributed by atoms with E-state index in [0.29, 0.717) is 11.8 Å². The number of nitrogens with one attached hydrogen (secondary N) is 1. The Morgan fingerprint density at radius 1 is 1.31 bits per heavy atom. The molecule has 0 heterocycles. The number of hydrogen-bond donors (Lipinski definition) is 1. The lowest BCUT2D eigenvalue weighted by Crippen LogP contribution is -2.22. The van der Waals surface area contributed by atoms with Crippen molar-refractivity contribution in [1.29, 1.82) is 0 Å². The molecule has 2 nitrogen and oxygen atoms in total. The number of alkyl halides is 1. The van der Waals surface area contributed by atoms with Gasteiger partial charge in [0.1, 0.15) is 0 Å². The Hall–Kier alpha value is -1.02. The third-order valence-electron chi connectivity index (χ3n) is 2.52. The van der Waals surface area contributed by atoms with E-state index in [9.17, 15) is 4.79 Å². The average Bonchev–Trinajstić information content (AvgIpc) is 2.28. The summed E-state index contributed by atoms with van der Waals surface area (Å²) >= 11 is 5.65. The fraction of sp³-hybridized carbons (Fsp3) is 0.462. The summed E-state index contributed by atoms with van der Waals surface area (Å²) in [5, 5.41) is 2.92. The first-order chi connectivity index (χ1) is 7.56. The molecule has 1 aromatic rings. The topological polar surface area (TPSA) is 29.1 Å². The van der Waals surface area contributed by atoms with E-state index in [-0.39, 0.29) is 11.8 Å². The lowest BCUT2D eigenvalue weighted by molar-refractivity contribution is -0.118. The number of para-hydroxylation sites is 1. The van der Waals surface area contributed by atoms with Crippen LogP contribution in [-0.4, -0.2) is 11.8 Å². The van der Waals surface area contributed by atoms with Gasteiger partial charge in [-0.3, -0.25) is 4.79 Å². The fourth-order valence-corrected chi connectivity index (χ4v) is 1.58. The number of amides is 1. The maximum atomic E-state index is 11.7. The Kier molecular flexibility index (Phi) is 4.81. The van der Waals surface area contributed by atoms with E-state index in [1.165, 1.54) is 0 Å². The number of anilines is 1. The highest BCUT2D eigenvalue weighted by molar-refractivity contribution is 6.19. The molecule has 1 amide bonds. The Morgan fingerprint density at radius 2 is 1.94 bits per heavy atom. The molecular weight excluding hydrogens is 222 g/mol. The zero-order chi connectivity index (χ0) is 12.1. The number of carbonyl (C=O) groups is 1. The minimum atomic E-state index is -0.165. The summed E-state index contributed by atoms with van der Waals surface area (Å²) in [6.07, 6.45) is 0. The monoisotopic (exact) mass is 239 g/mol. The molecule has 0 spiro atoms. The molecular formula is C13H18ClNO. The highest BCUT2D eigenvalue weighted by Gasteiger charge is 2.14. The maximum Gasteiger partial charge on any atom is 0.228 e. The largest absolute Gasteiger partial charge is 0.326 e. The van der Waals surface area contributed by atoms with Gasteiger partial charge in [0.05, 0.1) is 0 Å². The lowest BCUT2D eigenvalue weighted by Gasteiger charge is -2.15. The van der Waals surface area contributed by atoms with Gasteiger partial charge in [0.15, 0.2) is 0 Å². The Morgan fingerprint density at radius 3 is 2.50 bits per heavy atom. The van der Waals surface area contributed by atoms with Crippen molar-refractivity contribution in [3.8, 4) is 0 Å². The van der Waals surface area contributed by atoms with Crippen molar-refractivity contribution in [1.82, 2.24) is 0 Å². The van der Waals surface area contributed by atoms with Crippen LogP contribution in [0.4, 0.5) is 5.69 Å². The molecule has 3 heteroatoms. The van der Waals surface area contributed by atoms with Crippen molar-refractivity contribution < 1.29 is 4.79 Å². The first-order valence-corrected chi connectivity index (χ1v) is 6.05.